The van der Waals surface area contributed by atoms with Crippen LogP contribution in [0.5, 0.6) is 0 Å². The number of aliphatic hydroxyl groups excluding tert-OH is 1. The van der Waals surface area contributed by atoms with E-state index in [0.717, 1.165) is 17.5 Å². The van der Waals surface area contributed by atoms with Crippen LogP contribution in [0.25, 0.3) is 11.0 Å². The lowest BCUT2D eigenvalue weighted by molar-refractivity contribution is -0.176. The fourth-order valence-electron chi connectivity index (χ4n) is 5.01. The molecule has 3 atom stereocenters. The number of allylic oxidation sites excluding steroid dienone is 1. The number of H-pyrrole nitrogens is 1. The van der Waals surface area contributed by atoms with Gasteiger partial charge in [0.25, 0.3) is 5.91 Å². The molecule has 1 amide bonds. The second-order valence-electron chi connectivity index (χ2n) is 8.51. The van der Waals surface area contributed by atoms with Crippen LogP contribution in [0, 0.1) is 17.8 Å². The number of carbonyl (C=O) groups is 1. The average Bonchev–Trinajstić information content (AvgIpc) is 3.46. The Balaban J connectivity index is 1.49. The van der Waals surface area contributed by atoms with Crippen LogP contribution in [-0.2, 0) is 20.8 Å². The number of imidazole rings is 1. The van der Waals surface area contributed by atoms with Gasteiger partial charge in [0.1, 0.15) is 5.82 Å². The number of nitrogens with one attached hydrogen (secondary N) is 2. The smallest absolute Gasteiger partial charge is 0.286 e. The molecule has 1 saturated carbocycles. The number of aliphatic hydroxyl groups is 1. The summed E-state index contributed by atoms with van der Waals surface area (Å²) >= 11 is 0. The Morgan fingerprint density at radius 1 is 1.32 bits per heavy atom. The normalized spacial score (nSPS) is 24.2. The van der Waals surface area contributed by atoms with Gasteiger partial charge in [-0.2, -0.15) is 0 Å². The van der Waals surface area contributed by atoms with Crippen LogP contribution in [0.4, 0.5) is 0 Å². The van der Waals surface area contributed by atoms with Gasteiger partial charge in [-0.25, -0.2) is 4.98 Å². The van der Waals surface area contributed by atoms with Crippen molar-refractivity contribution >= 4 is 16.9 Å². The summed E-state index contributed by atoms with van der Waals surface area (Å²) < 4.78 is 12.0. The number of ether oxygens (including phenoxy) is 2. The van der Waals surface area contributed by atoms with Crippen molar-refractivity contribution in [2.45, 2.75) is 58.3 Å². The Hall–Kier alpha value is -2.38. The van der Waals surface area contributed by atoms with E-state index < -0.39 is 6.29 Å². The van der Waals surface area contributed by atoms with Gasteiger partial charge in [0.15, 0.2) is 5.76 Å². The van der Waals surface area contributed by atoms with Gasteiger partial charge in [-0.05, 0) is 62.7 Å². The van der Waals surface area contributed by atoms with Crippen molar-refractivity contribution in [1.29, 1.82) is 0 Å². The maximum absolute atomic E-state index is 13.0. The Morgan fingerprint density at radius 2 is 2.13 bits per heavy atom. The van der Waals surface area contributed by atoms with Gasteiger partial charge in [-0.15, -0.1) is 0 Å². The predicted molar refractivity (Wildman–Crippen MR) is 118 cm³/mol. The Labute approximate surface area is 183 Å². The number of aromatic nitrogens is 2. The third kappa shape index (κ3) is 5.10. The van der Waals surface area contributed by atoms with Crippen molar-refractivity contribution in [3.05, 3.63) is 41.9 Å². The second-order valence-corrected chi connectivity index (χ2v) is 8.51. The molecule has 0 bridgehead atoms. The van der Waals surface area contributed by atoms with Gasteiger partial charge >= 0.3 is 0 Å². The van der Waals surface area contributed by atoms with Crippen LogP contribution in [0.2, 0.25) is 0 Å². The minimum Gasteiger partial charge on any atom is -0.459 e. The molecule has 1 aromatic carbocycles. The van der Waals surface area contributed by atoms with Gasteiger partial charge in [0, 0.05) is 19.1 Å². The Kier molecular flexibility index (Phi) is 7.25. The fraction of sp³-hybridized carbons (Fsp3) is 0.583. The lowest BCUT2D eigenvalue weighted by Gasteiger charge is -2.39. The lowest BCUT2D eigenvalue weighted by atomic mass is 9.76. The lowest BCUT2D eigenvalue weighted by Crippen LogP contribution is -2.41. The second kappa shape index (κ2) is 10.3. The van der Waals surface area contributed by atoms with Gasteiger partial charge in [0.2, 0.25) is 6.29 Å². The first-order valence-electron chi connectivity index (χ1n) is 11.5. The molecule has 168 valence electrons. The molecule has 0 saturated heterocycles. The molecule has 2 aromatic rings. The molecule has 1 aliphatic carbocycles. The number of amides is 1. The Morgan fingerprint density at radius 3 is 2.87 bits per heavy atom. The minimum absolute atomic E-state index is 0.154. The SMILES string of the molecule is CCO[C@@H]1OC(C(=O)NCc2nc3ccccc3[nH]2)=C[C@H](C2CCCC2)[C@@H]1CCCO. The summed E-state index contributed by atoms with van der Waals surface area (Å²) in [6.45, 7) is 2.92. The van der Waals surface area contributed by atoms with E-state index >= 15 is 0 Å². The predicted octanol–water partition coefficient (Wildman–Crippen LogP) is 3.65. The molecular weight excluding hydrogens is 394 g/mol. The van der Waals surface area contributed by atoms with E-state index in [1.54, 1.807) is 0 Å². The van der Waals surface area contributed by atoms with Crippen LogP contribution in [0.15, 0.2) is 36.1 Å². The molecule has 2 heterocycles. The first kappa shape index (κ1) is 21.8. The highest BCUT2D eigenvalue weighted by Gasteiger charge is 2.41. The molecule has 0 unspecified atom stereocenters. The zero-order chi connectivity index (χ0) is 21.6. The summed E-state index contributed by atoms with van der Waals surface area (Å²) in [5, 5.41) is 12.3. The molecular formula is C24H33N3O4. The molecule has 3 N–H and O–H groups in total. The van der Waals surface area contributed by atoms with Gasteiger partial charge in [-0.3, -0.25) is 4.79 Å². The van der Waals surface area contributed by atoms with E-state index in [2.05, 4.69) is 15.3 Å². The number of nitrogens with zero attached hydrogens (tertiary/aromatic N) is 1. The number of benzene rings is 1. The van der Waals surface area contributed by atoms with Crippen LogP contribution < -0.4 is 5.32 Å². The summed E-state index contributed by atoms with van der Waals surface area (Å²) in [5.74, 6) is 1.73. The highest BCUT2D eigenvalue weighted by atomic mass is 16.7. The summed E-state index contributed by atoms with van der Waals surface area (Å²) in [6, 6.07) is 7.80. The zero-order valence-electron chi connectivity index (χ0n) is 18.2. The van der Waals surface area contributed by atoms with Crippen molar-refractivity contribution in [3.8, 4) is 0 Å². The largest absolute Gasteiger partial charge is 0.459 e. The van der Waals surface area contributed by atoms with Crippen LogP contribution in [-0.4, -0.2) is 40.5 Å². The summed E-state index contributed by atoms with van der Waals surface area (Å²) in [4.78, 5) is 20.7. The molecule has 31 heavy (non-hydrogen) atoms. The summed E-state index contributed by atoms with van der Waals surface area (Å²) in [5.41, 5.74) is 1.83. The summed E-state index contributed by atoms with van der Waals surface area (Å²) in [6.07, 6.45) is 7.90. The van der Waals surface area contributed by atoms with Crippen LogP contribution in [0.1, 0.15) is 51.3 Å². The molecule has 7 nitrogen and oxygen atoms in total. The molecule has 1 aromatic heterocycles. The van der Waals surface area contributed by atoms with E-state index in [4.69, 9.17) is 9.47 Å². The van der Waals surface area contributed by atoms with E-state index in [-0.39, 0.29) is 24.3 Å². The maximum atomic E-state index is 13.0. The molecule has 7 heteroatoms. The van der Waals surface area contributed by atoms with E-state index in [1.807, 2.05) is 37.3 Å². The van der Waals surface area contributed by atoms with Gasteiger partial charge < -0.3 is 24.9 Å². The number of aromatic amines is 1. The van der Waals surface area contributed by atoms with Gasteiger partial charge in [-0.1, -0.05) is 25.0 Å². The van der Waals surface area contributed by atoms with Gasteiger partial charge in [0.05, 0.1) is 17.6 Å². The number of rotatable bonds is 9. The highest BCUT2D eigenvalue weighted by Crippen LogP contribution is 2.43. The highest BCUT2D eigenvalue weighted by molar-refractivity contribution is 5.91. The number of carbonyl (C=O) groups excluding carboxylic acids is 1. The average molecular weight is 428 g/mol. The van der Waals surface area contributed by atoms with Crippen molar-refractivity contribution in [2.75, 3.05) is 13.2 Å². The summed E-state index contributed by atoms with van der Waals surface area (Å²) in [7, 11) is 0. The molecule has 1 fully saturated rings. The van der Waals surface area contributed by atoms with E-state index in [0.29, 0.717) is 37.1 Å². The van der Waals surface area contributed by atoms with E-state index in [1.165, 1.54) is 25.7 Å². The monoisotopic (exact) mass is 427 g/mol. The van der Waals surface area contributed by atoms with Crippen molar-refractivity contribution in [1.82, 2.24) is 15.3 Å². The molecule has 0 spiro atoms. The first-order valence-corrected chi connectivity index (χ1v) is 11.5. The molecule has 0 radical (unpaired) electrons. The maximum Gasteiger partial charge on any atom is 0.286 e. The zero-order valence-corrected chi connectivity index (χ0v) is 18.2. The number of hydrogen-bond donors (Lipinski definition) is 3. The minimum atomic E-state index is -0.459. The third-order valence-corrected chi connectivity index (χ3v) is 6.48. The number of fused-ring (bicyclic) bond motifs is 1. The van der Waals surface area contributed by atoms with Crippen LogP contribution in [0.3, 0.4) is 0 Å². The van der Waals surface area contributed by atoms with Crippen molar-refractivity contribution in [3.63, 3.8) is 0 Å². The van der Waals surface area contributed by atoms with Crippen molar-refractivity contribution < 1.29 is 19.4 Å². The standard InChI is InChI=1S/C24H33N3O4/c1-2-30-24-17(10-7-13-28)18(16-8-3-4-9-16)14-21(31-24)23(29)25-15-22-26-19-11-5-6-12-20(19)27-22/h5-6,11-12,14,16-18,24,28H,2-4,7-10,13,15H2,1H3,(H,25,29)(H,26,27)/t17-,18+,24+/m0/s1. The number of hydrogen-bond acceptors (Lipinski definition) is 5. The Bertz CT molecular complexity index is 870. The number of para-hydroxylation sites is 2. The molecule has 2 aliphatic rings. The van der Waals surface area contributed by atoms with E-state index in [9.17, 15) is 9.90 Å². The first-order chi connectivity index (χ1) is 15.2. The fourth-order valence-corrected chi connectivity index (χ4v) is 5.01. The molecule has 1 aliphatic heterocycles. The topological polar surface area (TPSA) is 96.5 Å². The van der Waals surface area contributed by atoms with Crippen molar-refractivity contribution in [2.24, 2.45) is 17.8 Å². The van der Waals surface area contributed by atoms with Crippen LogP contribution >= 0.6 is 0 Å². The third-order valence-electron chi connectivity index (χ3n) is 6.48. The molecule has 4 rings (SSSR count). The quantitative estimate of drug-likeness (QED) is 0.568.